The van der Waals surface area contributed by atoms with Gasteiger partial charge >= 0.3 is 0 Å². The van der Waals surface area contributed by atoms with E-state index in [0.29, 0.717) is 38.2 Å². The predicted molar refractivity (Wildman–Crippen MR) is 124 cm³/mol. The highest BCUT2D eigenvalue weighted by atomic mass is 19.3. The highest BCUT2D eigenvalue weighted by Gasteiger charge is 2.40. The van der Waals surface area contributed by atoms with Crippen molar-refractivity contribution in [1.29, 1.82) is 0 Å². The standard InChI is InChI=1S/C26H28F5N3O/c1-15-9-19-18-5-2-3-6-22(18)32-25(19)26(34(15)14-23(30)31)24-20(28)10-16(11-21(24)29)35-17-12-33(13-17)8-4-7-27/h2-3,5-6,10-11,15,17,23,26,32H,4,7-9,12-14H2,1H3/t15-,26-/m1/s1. The van der Waals surface area contributed by atoms with Gasteiger partial charge in [0, 0.05) is 60.0 Å². The molecule has 9 heteroatoms. The van der Waals surface area contributed by atoms with Gasteiger partial charge in [-0.1, -0.05) is 18.2 Å². The summed E-state index contributed by atoms with van der Waals surface area (Å²) in [5.41, 5.74) is 1.97. The van der Waals surface area contributed by atoms with Gasteiger partial charge in [-0.05, 0) is 31.4 Å². The fraction of sp³-hybridized carbons (Fsp3) is 0.462. The van der Waals surface area contributed by atoms with Crippen LogP contribution < -0.4 is 4.74 Å². The Kier molecular flexibility index (Phi) is 6.72. The molecule has 0 aliphatic carbocycles. The van der Waals surface area contributed by atoms with Crippen molar-refractivity contribution in [2.75, 3.05) is 32.9 Å². The molecule has 2 aromatic carbocycles. The number of aromatic amines is 1. The molecule has 1 saturated heterocycles. The van der Waals surface area contributed by atoms with E-state index in [1.807, 2.05) is 29.2 Å². The molecular formula is C26H28F5N3O. The Balaban J connectivity index is 1.48. The Bertz CT molecular complexity index is 1170. The van der Waals surface area contributed by atoms with Crippen LogP contribution in [0.25, 0.3) is 10.9 Å². The van der Waals surface area contributed by atoms with E-state index in [0.717, 1.165) is 28.6 Å². The number of aromatic nitrogens is 1. The average Bonchev–Trinajstić information content (AvgIpc) is 3.14. The number of ether oxygens (including phenoxy) is 1. The molecule has 0 saturated carbocycles. The first-order valence-corrected chi connectivity index (χ1v) is 11.9. The molecule has 188 valence electrons. The van der Waals surface area contributed by atoms with Gasteiger partial charge in [0.15, 0.2) is 0 Å². The molecular weight excluding hydrogens is 465 g/mol. The second-order valence-corrected chi connectivity index (χ2v) is 9.45. The monoisotopic (exact) mass is 493 g/mol. The number of nitrogens with one attached hydrogen (secondary N) is 1. The van der Waals surface area contributed by atoms with E-state index in [1.165, 1.54) is 4.90 Å². The number of likely N-dealkylation sites (tertiary alicyclic amines) is 1. The van der Waals surface area contributed by atoms with E-state index in [9.17, 15) is 13.2 Å². The summed E-state index contributed by atoms with van der Waals surface area (Å²) >= 11 is 0. The normalized spacial score (nSPS) is 21.5. The minimum absolute atomic E-state index is 0.0556. The molecule has 2 aliphatic heterocycles. The lowest BCUT2D eigenvalue weighted by molar-refractivity contribution is 0.0179. The maximum Gasteiger partial charge on any atom is 0.251 e. The molecule has 1 N–H and O–H groups in total. The maximum absolute atomic E-state index is 15.5. The Hall–Kier alpha value is -2.65. The molecule has 2 aliphatic rings. The fourth-order valence-electron chi connectivity index (χ4n) is 5.41. The van der Waals surface area contributed by atoms with Crippen LogP contribution >= 0.6 is 0 Å². The summed E-state index contributed by atoms with van der Waals surface area (Å²) in [5.74, 6) is -1.62. The Labute approximate surface area is 200 Å². The van der Waals surface area contributed by atoms with Crippen LogP contribution in [0.4, 0.5) is 22.0 Å². The highest BCUT2D eigenvalue weighted by Crippen LogP contribution is 2.43. The van der Waals surface area contributed by atoms with Crippen LogP contribution in [-0.2, 0) is 6.42 Å². The third kappa shape index (κ3) is 4.63. The quantitative estimate of drug-likeness (QED) is 0.423. The van der Waals surface area contributed by atoms with Crippen molar-refractivity contribution in [2.24, 2.45) is 0 Å². The number of halogens is 5. The van der Waals surface area contributed by atoms with Crippen molar-refractivity contribution in [3.05, 3.63) is 64.9 Å². The molecule has 1 fully saturated rings. The molecule has 4 nitrogen and oxygen atoms in total. The molecule has 0 spiro atoms. The van der Waals surface area contributed by atoms with E-state index < -0.39 is 30.6 Å². The van der Waals surface area contributed by atoms with Crippen LogP contribution in [0.2, 0.25) is 0 Å². The lowest BCUT2D eigenvalue weighted by Gasteiger charge is -2.41. The molecule has 35 heavy (non-hydrogen) atoms. The molecule has 5 rings (SSSR count). The van der Waals surface area contributed by atoms with Gasteiger partial charge in [-0.3, -0.25) is 14.2 Å². The largest absolute Gasteiger partial charge is 0.488 e. The first kappa shape index (κ1) is 24.1. The van der Waals surface area contributed by atoms with Crippen LogP contribution in [0.1, 0.15) is 36.2 Å². The number of benzene rings is 2. The van der Waals surface area contributed by atoms with Crippen LogP contribution in [0, 0.1) is 11.6 Å². The number of fused-ring (bicyclic) bond motifs is 3. The van der Waals surface area contributed by atoms with Crippen molar-refractivity contribution in [1.82, 2.24) is 14.8 Å². The van der Waals surface area contributed by atoms with Gasteiger partial charge in [0.2, 0.25) is 0 Å². The van der Waals surface area contributed by atoms with E-state index in [1.54, 1.807) is 6.92 Å². The molecule has 0 unspecified atom stereocenters. The second-order valence-electron chi connectivity index (χ2n) is 9.45. The Morgan fingerprint density at radius 3 is 2.51 bits per heavy atom. The lowest BCUT2D eigenvalue weighted by atomic mass is 9.88. The predicted octanol–water partition coefficient (Wildman–Crippen LogP) is 5.47. The molecule has 0 amide bonds. The molecule has 2 atom stereocenters. The van der Waals surface area contributed by atoms with E-state index in [-0.39, 0.29) is 30.1 Å². The molecule has 3 heterocycles. The van der Waals surface area contributed by atoms with Crippen molar-refractivity contribution < 1.29 is 26.7 Å². The van der Waals surface area contributed by atoms with Crippen molar-refractivity contribution >= 4 is 10.9 Å². The van der Waals surface area contributed by atoms with Crippen molar-refractivity contribution in [3.8, 4) is 5.75 Å². The summed E-state index contributed by atoms with van der Waals surface area (Å²) in [6.07, 6.45) is -1.95. The van der Waals surface area contributed by atoms with Gasteiger partial charge in [0.1, 0.15) is 23.5 Å². The van der Waals surface area contributed by atoms with Gasteiger partial charge < -0.3 is 9.72 Å². The topological polar surface area (TPSA) is 31.5 Å². The number of hydrogen-bond acceptors (Lipinski definition) is 3. The van der Waals surface area contributed by atoms with Crippen LogP contribution in [0.3, 0.4) is 0 Å². The van der Waals surface area contributed by atoms with Gasteiger partial charge in [0.25, 0.3) is 6.43 Å². The van der Waals surface area contributed by atoms with E-state index in [4.69, 9.17) is 4.74 Å². The summed E-state index contributed by atoms with van der Waals surface area (Å²) in [7, 11) is 0. The summed E-state index contributed by atoms with van der Waals surface area (Å²) < 4.78 is 76.1. The third-order valence-electron chi connectivity index (χ3n) is 7.03. The number of rotatable bonds is 8. The van der Waals surface area contributed by atoms with Crippen molar-refractivity contribution in [3.63, 3.8) is 0 Å². The molecule has 3 aromatic rings. The Morgan fingerprint density at radius 1 is 1.11 bits per heavy atom. The highest BCUT2D eigenvalue weighted by molar-refractivity contribution is 5.85. The SMILES string of the molecule is C[C@@H]1Cc2c([nH]c3ccccc23)[C@@H](c2c(F)cc(OC3CN(CCCF)C3)cc2F)N1CC(F)F. The van der Waals surface area contributed by atoms with Gasteiger partial charge in [-0.15, -0.1) is 0 Å². The third-order valence-corrected chi connectivity index (χ3v) is 7.03. The van der Waals surface area contributed by atoms with Gasteiger partial charge in [-0.25, -0.2) is 17.6 Å². The van der Waals surface area contributed by atoms with Gasteiger partial charge in [0.05, 0.1) is 19.3 Å². The minimum atomic E-state index is -2.65. The van der Waals surface area contributed by atoms with Gasteiger partial charge in [-0.2, -0.15) is 0 Å². The average molecular weight is 494 g/mol. The lowest BCUT2D eigenvalue weighted by Crippen LogP contribution is -2.53. The summed E-state index contributed by atoms with van der Waals surface area (Å²) in [6, 6.07) is 8.42. The first-order chi connectivity index (χ1) is 16.9. The van der Waals surface area contributed by atoms with E-state index >= 15 is 8.78 Å². The number of para-hydroxylation sites is 1. The van der Waals surface area contributed by atoms with Crippen LogP contribution in [0.15, 0.2) is 36.4 Å². The molecule has 0 radical (unpaired) electrons. The summed E-state index contributed by atoms with van der Waals surface area (Å²) in [6.45, 7) is 2.55. The zero-order valence-electron chi connectivity index (χ0n) is 19.4. The van der Waals surface area contributed by atoms with Crippen LogP contribution in [0.5, 0.6) is 5.75 Å². The van der Waals surface area contributed by atoms with E-state index in [2.05, 4.69) is 4.98 Å². The molecule has 0 bridgehead atoms. The maximum atomic E-state index is 15.5. The fourth-order valence-corrected chi connectivity index (χ4v) is 5.41. The minimum Gasteiger partial charge on any atom is -0.488 e. The zero-order chi connectivity index (χ0) is 24.7. The number of alkyl halides is 3. The molecule has 1 aromatic heterocycles. The number of H-pyrrole nitrogens is 1. The first-order valence-electron chi connectivity index (χ1n) is 11.9. The summed E-state index contributed by atoms with van der Waals surface area (Å²) in [5, 5.41) is 0.930. The number of nitrogens with zero attached hydrogens (tertiary/aromatic N) is 2. The smallest absolute Gasteiger partial charge is 0.251 e. The second kappa shape index (κ2) is 9.78. The Morgan fingerprint density at radius 2 is 1.83 bits per heavy atom. The number of hydrogen-bond donors (Lipinski definition) is 1. The zero-order valence-corrected chi connectivity index (χ0v) is 19.4. The van der Waals surface area contributed by atoms with Crippen molar-refractivity contribution in [2.45, 2.75) is 44.4 Å². The summed E-state index contributed by atoms with van der Waals surface area (Å²) in [4.78, 5) is 6.73. The van der Waals surface area contributed by atoms with Crippen LogP contribution in [-0.4, -0.2) is 66.2 Å².